The number of thiocarbonyl (C=S) groups is 1. The first-order valence-corrected chi connectivity index (χ1v) is 9.45. The normalized spacial score (nSPS) is 14.6. The number of nitrogens with zero attached hydrogens (tertiary/aromatic N) is 1. The molecule has 9 heteroatoms. The lowest BCUT2D eigenvalue weighted by molar-refractivity contribution is -0.137. The predicted octanol–water partition coefficient (Wildman–Crippen LogP) is 4.68. The smallest absolute Gasteiger partial charge is 0.378 e. The first-order valence-electron chi connectivity index (χ1n) is 8.66. The maximum atomic E-state index is 12.9. The van der Waals surface area contributed by atoms with Crippen molar-refractivity contribution >= 4 is 40.3 Å². The van der Waals surface area contributed by atoms with Gasteiger partial charge in [0.2, 0.25) is 0 Å². The molecule has 0 bridgehead atoms. The summed E-state index contributed by atoms with van der Waals surface area (Å²) >= 11 is 10.8. The zero-order valence-electron chi connectivity index (χ0n) is 14.9. The molecule has 1 fully saturated rings. The van der Waals surface area contributed by atoms with E-state index in [1.165, 1.54) is 12.1 Å². The van der Waals surface area contributed by atoms with Crippen molar-refractivity contribution in [3.8, 4) is 0 Å². The molecule has 3 rings (SSSR count). The first-order chi connectivity index (χ1) is 13.3. The van der Waals surface area contributed by atoms with Gasteiger partial charge in [-0.05, 0) is 48.1 Å². The van der Waals surface area contributed by atoms with Gasteiger partial charge in [0.25, 0.3) is 0 Å². The Morgan fingerprint density at radius 3 is 2.43 bits per heavy atom. The molecule has 28 heavy (non-hydrogen) atoms. The Morgan fingerprint density at radius 2 is 1.79 bits per heavy atom. The predicted molar refractivity (Wildman–Crippen MR) is 109 cm³/mol. The third-order valence-corrected chi connectivity index (χ3v) is 4.87. The third kappa shape index (κ3) is 5.50. The van der Waals surface area contributed by atoms with Gasteiger partial charge in [0, 0.05) is 31.0 Å². The van der Waals surface area contributed by atoms with Crippen LogP contribution in [-0.2, 0) is 17.5 Å². The molecule has 0 saturated carbocycles. The van der Waals surface area contributed by atoms with Gasteiger partial charge in [-0.1, -0.05) is 23.7 Å². The first kappa shape index (κ1) is 20.7. The quantitative estimate of drug-likeness (QED) is 0.690. The van der Waals surface area contributed by atoms with Gasteiger partial charge in [-0.3, -0.25) is 0 Å². The van der Waals surface area contributed by atoms with E-state index in [1.54, 1.807) is 0 Å². The lowest BCUT2D eigenvalue weighted by atomic mass is 10.2. The van der Waals surface area contributed by atoms with E-state index in [2.05, 4.69) is 15.5 Å². The summed E-state index contributed by atoms with van der Waals surface area (Å²) in [4.78, 5) is 2.26. The summed E-state index contributed by atoms with van der Waals surface area (Å²) in [5, 5.41) is 5.63. The van der Waals surface area contributed by atoms with E-state index < -0.39 is 11.7 Å². The zero-order valence-corrected chi connectivity index (χ0v) is 16.4. The zero-order chi connectivity index (χ0) is 20.1. The van der Waals surface area contributed by atoms with Gasteiger partial charge in [-0.15, -0.1) is 0 Å². The number of hydrogen-bond donors (Lipinski definition) is 2. The van der Waals surface area contributed by atoms with Gasteiger partial charge in [0.1, 0.15) is 0 Å². The minimum absolute atomic E-state index is 0.219. The SMILES string of the molecule is FC(F)(F)c1cc(NC(=S)NCc2ccc(N3CCOCC3)cc2)ccc1Cl. The molecule has 0 aromatic heterocycles. The van der Waals surface area contributed by atoms with Crippen molar-refractivity contribution in [3.05, 3.63) is 58.6 Å². The molecule has 2 aromatic carbocycles. The van der Waals surface area contributed by atoms with Crippen LogP contribution in [0.3, 0.4) is 0 Å². The Labute approximate surface area is 171 Å². The molecule has 4 nitrogen and oxygen atoms in total. The van der Waals surface area contributed by atoms with Gasteiger partial charge in [-0.2, -0.15) is 13.2 Å². The Kier molecular flexibility index (Phi) is 6.64. The number of ether oxygens (including phenoxy) is 1. The molecule has 0 amide bonds. The van der Waals surface area contributed by atoms with Crippen LogP contribution >= 0.6 is 23.8 Å². The number of halogens is 4. The third-order valence-electron chi connectivity index (χ3n) is 4.30. The summed E-state index contributed by atoms with van der Waals surface area (Å²) in [5.74, 6) is 0. The second-order valence-electron chi connectivity index (χ2n) is 6.27. The fraction of sp³-hybridized carbons (Fsp3) is 0.316. The highest BCUT2D eigenvalue weighted by atomic mass is 35.5. The van der Waals surface area contributed by atoms with Gasteiger partial charge in [0.05, 0.1) is 23.8 Å². The van der Waals surface area contributed by atoms with Crippen molar-refractivity contribution in [2.75, 3.05) is 36.5 Å². The maximum Gasteiger partial charge on any atom is 0.417 e. The Bertz CT molecular complexity index is 824. The Hall–Kier alpha value is -2.03. The van der Waals surface area contributed by atoms with Crippen LogP contribution in [-0.4, -0.2) is 31.4 Å². The molecule has 1 heterocycles. The van der Waals surface area contributed by atoms with Gasteiger partial charge >= 0.3 is 6.18 Å². The number of benzene rings is 2. The summed E-state index contributed by atoms with van der Waals surface area (Å²) in [7, 11) is 0. The van der Waals surface area contributed by atoms with Crippen LogP contribution in [0.15, 0.2) is 42.5 Å². The van der Waals surface area contributed by atoms with Gasteiger partial charge in [0.15, 0.2) is 5.11 Å². The highest BCUT2D eigenvalue weighted by molar-refractivity contribution is 7.80. The Balaban J connectivity index is 1.54. The summed E-state index contributed by atoms with van der Waals surface area (Å²) in [6.45, 7) is 3.64. The molecule has 0 aliphatic carbocycles. The number of anilines is 2. The topological polar surface area (TPSA) is 36.5 Å². The largest absolute Gasteiger partial charge is 0.417 e. The standard InChI is InChI=1S/C19H19ClF3N3OS/c20-17-6-3-14(11-16(17)19(21,22)23)25-18(28)24-12-13-1-4-15(5-2-13)26-7-9-27-10-8-26/h1-6,11H,7-10,12H2,(H2,24,25,28). The summed E-state index contributed by atoms with van der Waals surface area (Å²) in [5.41, 5.74) is 1.46. The number of rotatable bonds is 4. The van der Waals surface area contributed by atoms with E-state index in [0.29, 0.717) is 6.54 Å². The number of hydrogen-bond acceptors (Lipinski definition) is 3. The minimum Gasteiger partial charge on any atom is -0.378 e. The molecule has 0 atom stereocenters. The lowest BCUT2D eigenvalue weighted by Gasteiger charge is -2.28. The van der Waals surface area contributed by atoms with E-state index in [1.807, 2.05) is 24.3 Å². The molecule has 0 radical (unpaired) electrons. The number of alkyl halides is 3. The molecular weight excluding hydrogens is 411 g/mol. The second kappa shape index (κ2) is 8.98. The fourth-order valence-electron chi connectivity index (χ4n) is 2.82. The van der Waals surface area contributed by atoms with Crippen LogP contribution in [0.25, 0.3) is 0 Å². The average Bonchev–Trinajstić information content (AvgIpc) is 2.68. The molecule has 2 N–H and O–H groups in total. The van der Waals surface area contributed by atoms with E-state index >= 15 is 0 Å². The highest BCUT2D eigenvalue weighted by Crippen LogP contribution is 2.36. The van der Waals surface area contributed by atoms with Crippen LogP contribution in [0.2, 0.25) is 5.02 Å². The van der Waals surface area contributed by atoms with E-state index in [0.717, 1.165) is 43.6 Å². The van der Waals surface area contributed by atoms with E-state index in [-0.39, 0.29) is 15.8 Å². The van der Waals surface area contributed by atoms with Crippen molar-refractivity contribution in [3.63, 3.8) is 0 Å². The molecule has 1 saturated heterocycles. The average molecular weight is 430 g/mol. The molecule has 1 aliphatic heterocycles. The van der Waals surface area contributed by atoms with Crippen molar-refractivity contribution in [1.82, 2.24) is 5.32 Å². The molecular formula is C19H19ClF3N3OS. The molecule has 0 unspecified atom stereocenters. The van der Waals surface area contributed by atoms with Crippen molar-refractivity contribution < 1.29 is 17.9 Å². The number of morpholine rings is 1. The van der Waals surface area contributed by atoms with Crippen LogP contribution < -0.4 is 15.5 Å². The minimum atomic E-state index is -4.52. The van der Waals surface area contributed by atoms with Crippen LogP contribution in [0, 0.1) is 0 Å². The van der Waals surface area contributed by atoms with Crippen molar-refractivity contribution in [2.24, 2.45) is 0 Å². The summed E-state index contributed by atoms with van der Waals surface area (Å²) in [6, 6.07) is 11.6. The van der Waals surface area contributed by atoms with Crippen LogP contribution in [0.4, 0.5) is 24.5 Å². The Morgan fingerprint density at radius 1 is 1.11 bits per heavy atom. The van der Waals surface area contributed by atoms with Gasteiger partial charge < -0.3 is 20.3 Å². The summed E-state index contributed by atoms with van der Waals surface area (Å²) < 4.78 is 44.1. The van der Waals surface area contributed by atoms with Crippen molar-refractivity contribution in [2.45, 2.75) is 12.7 Å². The van der Waals surface area contributed by atoms with Crippen LogP contribution in [0.1, 0.15) is 11.1 Å². The molecule has 2 aromatic rings. The maximum absolute atomic E-state index is 12.9. The van der Waals surface area contributed by atoms with Crippen LogP contribution in [0.5, 0.6) is 0 Å². The molecule has 150 valence electrons. The molecule has 0 spiro atoms. The number of nitrogens with one attached hydrogen (secondary N) is 2. The van der Waals surface area contributed by atoms with E-state index in [9.17, 15) is 13.2 Å². The van der Waals surface area contributed by atoms with Crippen molar-refractivity contribution in [1.29, 1.82) is 0 Å². The second-order valence-corrected chi connectivity index (χ2v) is 7.08. The van der Waals surface area contributed by atoms with E-state index in [4.69, 9.17) is 28.6 Å². The molecule has 1 aliphatic rings. The summed E-state index contributed by atoms with van der Waals surface area (Å²) in [6.07, 6.45) is -4.52. The highest BCUT2D eigenvalue weighted by Gasteiger charge is 2.33. The fourth-order valence-corrected chi connectivity index (χ4v) is 3.24. The van der Waals surface area contributed by atoms with Gasteiger partial charge in [-0.25, -0.2) is 0 Å². The monoisotopic (exact) mass is 429 g/mol. The lowest BCUT2D eigenvalue weighted by Crippen LogP contribution is -2.36.